The third kappa shape index (κ3) is 2.96. The van der Waals surface area contributed by atoms with Gasteiger partial charge in [0.1, 0.15) is 4.47 Å². The minimum Gasteiger partial charge on any atom is -0.478 e. The van der Waals surface area contributed by atoms with Crippen molar-refractivity contribution in [2.75, 3.05) is 5.32 Å². The Hall–Kier alpha value is -2.15. The third-order valence-corrected chi connectivity index (χ3v) is 7.72. The van der Waals surface area contributed by atoms with Gasteiger partial charge in [0.05, 0.1) is 23.1 Å². The first-order valence-corrected chi connectivity index (χ1v) is 10.4. The van der Waals surface area contributed by atoms with Crippen LogP contribution in [0, 0.1) is 23.2 Å². The minimum absolute atomic E-state index is 0.113. The number of benzene rings is 1. The first-order valence-electron chi connectivity index (χ1n) is 9.58. The number of carboxylic acids is 1. The Balaban J connectivity index is 1.60. The number of carbonyl (C=O) groups is 1. The van der Waals surface area contributed by atoms with E-state index in [1.165, 1.54) is 23.2 Å². The van der Waals surface area contributed by atoms with Gasteiger partial charge in [0.15, 0.2) is 0 Å². The standard InChI is InChI=1S/C21H24BrN3O3/c1-11-15-8-13(21(15,2)3)9-16(11)24-17-10-23-25(19(26)18(17)22)14-6-4-5-12(7-14)20(27)28/h4-7,10-11,13,15-16,24H,8-9H2,1-3H3,(H,27,28)/t11-,13+,15-,16-/m1/s1. The van der Waals surface area contributed by atoms with Gasteiger partial charge in [-0.1, -0.05) is 26.8 Å². The van der Waals surface area contributed by atoms with E-state index >= 15 is 0 Å². The predicted molar refractivity (Wildman–Crippen MR) is 111 cm³/mol. The summed E-state index contributed by atoms with van der Waals surface area (Å²) in [7, 11) is 0. The van der Waals surface area contributed by atoms with Crippen molar-refractivity contribution in [1.82, 2.24) is 9.78 Å². The van der Waals surface area contributed by atoms with Crippen LogP contribution in [0.4, 0.5) is 5.69 Å². The number of aromatic carboxylic acids is 1. The van der Waals surface area contributed by atoms with E-state index in [1.807, 2.05) is 0 Å². The number of anilines is 1. The van der Waals surface area contributed by atoms with Gasteiger partial charge in [-0.25, -0.2) is 4.79 Å². The largest absolute Gasteiger partial charge is 0.478 e. The molecule has 2 N–H and O–H groups in total. The van der Waals surface area contributed by atoms with Crippen molar-refractivity contribution in [2.24, 2.45) is 23.2 Å². The molecule has 0 unspecified atom stereocenters. The Labute approximate surface area is 172 Å². The Bertz CT molecular complexity index is 1000. The summed E-state index contributed by atoms with van der Waals surface area (Å²) in [6.07, 6.45) is 4.03. The smallest absolute Gasteiger partial charge is 0.335 e. The lowest BCUT2D eigenvalue weighted by Gasteiger charge is -2.62. The molecule has 0 aliphatic heterocycles. The van der Waals surface area contributed by atoms with E-state index in [0.717, 1.165) is 12.3 Å². The third-order valence-electron chi connectivity index (χ3n) is 6.95. The molecule has 0 amide bonds. The fraction of sp³-hybridized carbons (Fsp3) is 0.476. The highest BCUT2D eigenvalue weighted by Crippen LogP contribution is 2.61. The average Bonchev–Trinajstić information content (AvgIpc) is 2.66. The van der Waals surface area contributed by atoms with E-state index in [0.29, 0.717) is 39.1 Å². The Morgan fingerprint density at radius 2 is 2.11 bits per heavy atom. The van der Waals surface area contributed by atoms with Crippen LogP contribution < -0.4 is 10.9 Å². The molecule has 2 aromatic rings. The highest BCUT2D eigenvalue weighted by Gasteiger charge is 2.56. The molecule has 28 heavy (non-hydrogen) atoms. The first kappa shape index (κ1) is 19.2. The first-order chi connectivity index (χ1) is 13.2. The summed E-state index contributed by atoms with van der Waals surface area (Å²) in [5.74, 6) is 0.910. The Kier molecular flexibility index (Phi) is 4.61. The highest BCUT2D eigenvalue weighted by molar-refractivity contribution is 9.10. The van der Waals surface area contributed by atoms with Crippen LogP contribution in [0.5, 0.6) is 0 Å². The number of nitrogens with zero attached hydrogens (tertiary/aromatic N) is 2. The molecule has 3 saturated carbocycles. The number of aromatic nitrogens is 2. The Morgan fingerprint density at radius 3 is 2.75 bits per heavy atom. The molecule has 3 fully saturated rings. The maximum absolute atomic E-state index is 12.8. The van der Waals surface area contributed by atoms with E-state index in [-0.39, 0.29) is 11.1 Å². The molecule has 0 spiro atoms. The summed E-state index contributed by atoms with van der Waals surface area (Å²) >= 11 is 3.42. The summed E-state index contributed by atoms with van der Waals surface area (Å²) in [5, 5.41) is 17.0. The van der Waals surface area contributed by atoms with Gasteiger partial charge in [-0.2, -0.15) is 9.78 Å². The molecule has 6 nitrogen and oxygen atoms in total. The summed E-state index contributed by atoms with van der Waals surface area (Å²) in [4.78, 5) is 24.0. The fourth-order valence-electron chi connectivity index (χ4n) is 5.03. The summed E-state index contributed by atoms with van der Waals surface area (Å²) in [6, 6.07) is 6.51. The maximum atomic E-state index is 12.8. The quantitative estimate of drug-likeness (QED) is 0.737. The molecule has 3 aliphatic rings. The molecule has 7 heteroatoms. The number of halogens is 1. The zero-order valence-electron chi connectivity index (χ0n) is 16.1. The van der Waals surface area contributed by atoms with E-state index in [9.17, 15) is 9.59 Å². The highest BCUT2D eigenvalue weighted by atomic mass is 79.9. The number of nitrogens with one attached hydrogen (secondary N) is 1. The average molecular weight is 446 g/mol. The van der Waals surface area contributed by atoms with Crippen molar-refractivity contribution < 1.29 is 9.90 Å². The van der Waals surface area contributed by atoms with Crippen LogP contribution in [-0.2, 0) is 0 Å². The number of hydrogen-bond acceptors (Lipinski definition) is 4. The molecule has 148 valence electrons. The molecular weight excluding hydrogens is 422 g/mol. The van der Waals surface area contributed by atoms with Crippen LogP contribution >= 0.6 is 15.9 Å². The zero-order chi connectivity index (χ0) is 20.2. The van der Waals surface area contributed by atoms with Crippen molar-refractivity contribution in [3.63, 3.8) is 0 Å². The van der Waals surface area contributed by atoms with Crippen LogP contribution in [-0.4, -0.2) is 26.9 Å². The molecule has 0 saturated heterocycles. The molecule has 2 bridgehead atoms. The van der Waals surface area contributed by atoms with Crippen LogP contribution in [0.25, 0.3) is 5.69 Å². The van der Waals surface area contributed by atoms with E-state index in [2.05, 4.69) is 47.1 Å². The second-order valence-electron chi connectivity index (χ2n) is 8.65. The van der Waals surface area contributed by atoms with Gasteiger partial charge < -0.3 is 10.4 Å². The molecule has 3 aliphatic carbocycles. The molecule has 1 aromatic carbocycles. The molecule has 5 rings (SSSR count). The second-order valence-corrected chi connectivity index (χ2v) is 9.44. The number of hydrogen-bond donors (Lipinski definition) is 2. The van der Waals surface area contributed by atoms with Gasteiger partial charge in [-0.15, -0.1) is 0 Å². The lowest BCUT2D eigenvalue weighted by Crippen LogP contribution is -2.58. The molecular formula is C21H24BrN3O3. The van der Waals surface area contributed by atoms with Gasteiger partial charge >= 0.3 is 5.97 Å². The van der Waals surface area contributed by atoms with E-state index in [4.69, 9.17) is 5.11 Å². The second kappa shape index (κ2) is 6.72. The fourth-order valence-corrected chi connectivity index (χ4v) is 5.41. The SMILES string of the molecule is C[C@@H]1[C@H]2C[C@@H](C[C@H]1Nc1cnn(-c3cccc(C(=O)O)c3)c(=O)c1Br)C2(C)C. The summed E-state index contributed by atoms with van der Waals surface area (Å²) < 4.78 is 1.63. The Morgan fingerprint density at radius 1 is 1.36 bits per heavy atom. The van der Waals surface area contributed by atoms with Gasteiger partial charge in [0.2, 0.25) is 0 Å². The van der Waals surface area contributed by atoms with Gasteiger partial charge in [0.25, 0.3) is 5.56 Å². The number of rotatable bonds is 4. The van der Waals surface area contributed by atoms with Crippen molar-refractivity contribution in [3.8, 4) is 5.69 Å². The summed E-state index contributed by atoms with van der Waals surface area (Å²) in [5.41, 5.74) is 1.31. The topological polar surface area (TPSA) is 84.2 Å². The molecule has 1 aromatic heterocycles. The molecule has 0 radical (unpaired) electrons. The van der Waals surface area contributed by atoms with E-state index in [1.54, 1.807) is 18.3 Å². The minimum atomic E-state index is -1.04. The van der Waals surface area contributed by atoms with Crippen LogP contribution in [0.3, 0.4) is 0 Å². The van der Waals surface area contributed by atoms with Crippen LogP contribution in [0.2, 0.25) is 0 Å². The van der Waals surface area contributed by atoms with Gasteiger partial charge in [0, 0.05) is 6.04 Å². The van der Waals surface area contributed by atoms with Crippen LogP contribution in [0.1, 0.15) is 44.0 Å². The lowest BCUT2D eigenvalue weighted by atomic mass is 9.45. The van der Waals surface area contributed by atoms with Crippen LogP contribution in [0.15, 0.2) is 39.7 Å². The van der Waals surface area contributed by atoms with Gasteiger partial charge in [-0.05, 0) is 70.1 Å². The lowest BCUT2D eigenvalue weighted by molar-refractivity contribution is -0.105. The van der Waals surface area contributed by atoms with Crippen molar-refractivity contribution in [3.05, 3.63) is 50.9 Å². The van der Waals surface area contributed by atoms with Crippen molar-refractivity contribution in [1.29, 1.82) is 0 Å². The van der Waals surface area contributed by atoms with Crippen molar-refractivity contribution >= 4 is 27.6 Å². The molecule has 1 heterocycles. The normalized spacial score (nSPS) is 27.7. The summed E-state index contributed by atoms with van der Waals surface area (Å²) in [6.45, 7) is 7.02. The monoisotopic (exact) mass is 445 g/mol. The van der Waals surface area contributed by atoms with Crippen molar-refractivity contribution in [2.45, 2.75) is 39.7 Å². The van der Waals surface area contributed by atoms with Gasteiger partial charge in [-0.3, -0.25) is 4.79 Å². The number of fused-ring (bicyclic) bond motifs is 2. The maximum Gasteiger partial charge on any atom is 0.335 e. The number of carboxylic acid groups (broad SMARTS) is 1. The zero-order valence-corrected chi connectivity index (χ0v) is 17.7. The predicted octanol–water partition coefficient (Wildman–Crippen LogP) is 4.18. The molecule has 4 atom stereocenters. The van der Waals surface area contributed by atoms with E-state index < -0.39 is 5.97 Å².